The predicted molar refractivity (Wildman–Crippen MR) is 125 cm³/mol. The molecule has 6 nitrogen and oxygen atoms in total. The summed E-state index contributed by atoms with van der Waals surface area (Å²) in [6, 6.07) is 0. The molecule has 1 N–H and O–H groups in total. The van der Waals surface area contributed by atoms with Gasteiger partial charge >= 0.3 is 11.9 Å². The standard InChI is InChI=1S/C27H43NO5/c1-16(6-11-25(31)32-5)21-9-10-22-20-8-7-18-14-19(33-17(2)29)12-13-26(18,3)23(20)15-24(30)28-27(21,22)4/h16,18-23H,6-15H2,1-5H3,(H,28,30)/t16-,18-,19+,20+,21-,22+,23+,26+,27-/m1/s1. The van der Waals surface area contributed by atoms with Crippen LogP contribution in [0.25, 0.3) is 0 Å². The topological polar surface area (TPSA) is 81.7 Å². The molecule has 1 heterocycles. The molecule has 9 atom stereocenters. The number of methoxy groups -OCH3 is 1. The zero-order chi connectivity index (χ0) is 24.0. The normalized spacial score (nSPS) is 43.2. The summed E-state index contributed by atoms with van der Waals surface area (Å²) in [5, 5.41) is 3.53. The second kappa shape index (κ2) is 9.22. The van der Waals surface area contributed by atoms with E-state index < -0.39 is 0 Å². The van der Waals surface area contributed by atoms with Crippen molar-refractivity contribution in [3.8, 4) is 0 Å². The van der Waals surface area contributed by atoms with E-state index >= 15 is 0 Å². The second-order valence-corrected chi connectivity index (χ2v) is 12.0. The first-order valence-electron chi connectivity index (χ1n) is 13.1. The van der Waals surface area contributed by atoms with Gasteiger partial charge in [0.2, 0.25) is 5.91 Å². The average molecular weight is 462 g/mol. The van der Waals surface area contributed by atoms with Gasteiger partial charge < -0.3 is 14.8 Å². The minimum absolute atomic E-state index is 0.0357. The van der Waals surface area contributed by atoms with Crippen LogP contribution in [0, 0.1) is 40.9 Å². The molecule has 1 amide bonds. The molecule has 4 rings (SSSR count). The number of nitrogens with one attached hydrogen (secondary N) is 1. The Morgan fingerprint density at radius 2 is 1.88 bits per heavy atom. The molecule has 33 heavy (non-hydrogen) atoms. The van der Waals surface area contributed by atoms with Crippen LogP contribution in [-0.4, -0.2) is 36.6 Å². The molecular weight excluding hydrogens is 418 g/mol. The molecule has 1 saturated heterocycles. The lowest BCUT2D eigenvalue weighted by Gasteiger charge is -2.56. The molecule has 6 heteroatoms. The van der Waals surface area contributed by atoms with Gasteiger partial charge in [-0.25, -0.2) is 0 Å². The molecule has 0 bridgehead atoms. The molecule has 186 valence electrons. The van der Waals surface area contributed by atoms with Crippen molar-refractivity contribution < 1.29 is 23.9 Å². The quantitative estimate of drug-likeness (QED) is 0.603. The Hall–Kier alpha value is -1.59. The van der Waals surface area contributed by atoms with E-state index in [0.29, 0.717) is 48.3 Å². The highest BCUT2D eigenvalue weighted by Gasteiger charge is 2.60. The Balaban J connectivity index is 1.54. The van der Waals surface area contributed by atoms with Crippen molar-refractivity contribution in [3.63, 3.8) is 0 Å². The maximum atomic E-state index is 13.3. The van der Waals surface area contributed by atoms with Crippen molar-refractivity contribution in [2.45, 2.75) is 104 Å². The van der Waals surface area contributed by atoms with Crippen molar-refractivity contribution in [1.82, 2.24) is 5.32 Å². The summed E-state index contributed by atoms with van der Waals surface area (Å²) < 4.78 is 10.4. The molecule has 0 aromatic carbocycles. The van der Waals surface area contributed by atoms with Crippen molar-refractivity contribution >= 4 is 17.8 Å². The number of ether oxygens (including phenoxy) is 2. The number of carbonyl (C=O) groups is 3. The molecule has 0 unspecified atom stereocenters. The van der Waals surface area contributed by atoms with Crippen LogP contribution in [-0.2, 0) is 23.9 Å². The minimum Gasteiger partial charge on any atom is -0.469 e. The van der Waals surface area contributed by atoms with Crippen molar-refractivity contribution in [2.75, 3.05) is 7.11 Å². The van der Waals surface area contributed by atoms with Crippen molar-refractivity contribution in [3.05, 3.63) is 0 Å². The Bertz CT molecular complexity index is 782. The van der Waals surface area contributed by atoms with E-state index in [1.807, 2.05) is 0 Å². The Morgan fingerprint density at radius 3 is 2.58 bits per heavy atom. The first-order chi connectivity index (χ1) is 15.6. The highest BCUT2D eigenvalue weighted by atomic mass is 16.5. The van der Waals surface area contributed by atoms with Crippen molar-refractivity contribution in [2.24, 2.45) is 40.9 Å². The van der Waals surface area contributed by atoms with Gasteiger partial charge in [0.1, 0.15) is 6.10 Å². The highest BCUT2D eigenvalue weighted by molar-refractivity contribution is 5.78. The number of hydrogen-bond acceptors (Lipinski definition) is 5. The van der Waals surface area contributed by atoms with Gasteiger partial charge in [0, 0.05) is 25.3 Å². The van der Waals surface area contributed by atoms with Crippen LogP contribution in [0.1, 0.15) is 91.9 Å². The van der Waals surface area contributed by atoms with Crippen LogP contribution in [0.2, 0.25) is 0 Å². The third-order valence-corrected chi connectivity index (χ3v) is 10.4. The minimum atomic E-state index is -0.204. The Labute approximate surface area is 198 Å². The van der Waals surface area contributed by atoms with E-state index in [1.165, 1.54) is 20.5 Å². The van der Waals surface area contributed by atoms with Gasteiger partial charge in [0.15, 0.2) is 0 Å². The number of carbonyl (C=O) groups excluding carboxylic acids is 3. The van der Waals surface area contributed by atoms with E-state index in [9.17, 15) is 14.4 Å². The Kier molecular flexibility index (Phi) is 6.85. The molecule has 3 aliphatic carbocycles. The van der Waals surface area contributed by atoms with Gasteiger partial charge in [0.05, 0.1) is 7.11 Å². The number of amides is 1. The van der Waals surface area contributed by atoms with Crippen LogP contribution in [0.15, 0.2) is 0 Å². The average Bonchev–Trinajstić information content (AvgIpc) is 3.03. The fourth-order valence-electron chi connectivity index (χ4n) is 8.76. The second-order valence-electron chi connectivity index (χ2n) is 12.0. The third-order valence-electron chi connectivity index (χ3n) is 10.4. The summed E-state index contributed by atoms with van der Waals surface area (Å²) in [6.07, 6.45) is 9.38. The third kappa shape index (κ3) is 4.43. The summed E-state index contributed by atoms with van der Waals surface area (Å²) in [5.74, 6) is 2.58. The lowest BCUT2D eigenvalue weighted by molar-refractivity contribution is -0.155. The molecule has 4 fully saturated rings. The smallest absolute Gasteiger partial charge is 0.305 e. The van der Waals surface area contributed by atoms with E-state index in [0.717, 1.165) is 44.9 Å². The summed E-state index contributed by atoms with van der Waals surface area (Å²) in [6.45, 7) is 8.45. The number of rotatable bonds is 5. The van der Waals surface area contributed by atoms with Gasteiger partial charge in [0.25, 0.3) is 0 Å². The highest BCUT2D eigenvalue weighted by Crippen LogP contribution is 2.62. The van der Waals surface area contributed by atoms with Crippen LogP contribution in [0.4, 0.5) is 0 Å². The fraction of sp³-hybridized carbons (Fsp3) is 0.889. The van der Waals surface area contributed by atoms with Gasteiger partial charge in [-0.3, -0.25) is 14.4 Å². The lowest BCUT2D eigenvalue weighted by Crippen LogP contribution is -2.55. The number of esters is 2. The van der Waals surface area contributed by atoms with Gasteiger partial charge in [-0.05, 0) is 99.2 Å². The Morgan fingerprint density at radius 1 is 1.12 bits per heavy atom. The number of fused-ring (bicyclic) bond motifs is 5. The molecule has 0 aromatic rings. The molecule has 0 aromatic heterocycles. The molecule has 1 aliphatic heterocycles. The van der Waals surface area contributed by atoms with Crippen LogP contribution in [0.3, 0.4) is 0 Å². The van der Waals surface area contributed by atoms with Crippen LogP contribution >= 0.6 is 0 Å². The molecule has 0 radical (unpaired) electrons. The SMILES string of the molecule is COC(=O)CC[C@@H](C)[C@H]1CC[C@H]2[C@@H]3CC[C@@H]4C[C@@H](OC(C)=O)CC[C@]4(C)[C@H]3CC(=O)N[C@]12C. The van der Waals surface area contributed by atoms with Crippen LogP contribution in [0.5, 0.6) is 0 Å². The first kappa shape index (κ1) is 24.5. The lowest BCUT2D eigenvalue weighted by atomic mass is 9.49. The summed E-state index contributed by atoms with van der Waals surface area (Å²) in [7, 11) is 1.45. The molecule has 4 aliphatic rings. The van der Waals surface area contributed by atoms with E-state index in [4.69, 9.17) is 9.47 Å². The van der Waals surface area contributed by atoms with Crippen LogP contribution < -0.4 is 5.32 Å². The molecule has 3 saturated carbocycles. The fourth-order valence-corrected chi connectivity index (χ4v) is 8.76. The predicted octanol–water partition coefficient (Wildman–Crippen LogP) is 4.64. The monoisotopic (exact) mass is 461 g/mol. The zero-order valence-corrected chi connectivity index (χ0v) is 21.2. The van der Waals surface area contributed by atoms with Gasteiger partial charge in [-0.15, -0.1) is 0 Å². The summed E-state index contributed by atoms with van der Waals surface area (Å²) in [4.78, 5) is 36.6. The van der Waals surface area contributed by atoms with Crippen molar-refractivity contribution in [1.29, 1.82) is 0 Å². The van der Waals surface area contributed by atoms with E-state index in [2.05, 4.69) is 26.1 Å². The maximum Gasteiger partial charge on any atom is 0.305 e. The summed E-state index contributed by atoms with van der Waals surface area (Å²) in [5.41, 5.74) is -0.0685. The van der Waals surface area contributed by atoms with Gasteiger partial charge in [-0.1, -0.05) is 13.8 Å². The number of hydrogen-bond donors (Lipinski definition) is 1. The van der Waals surface area contributed by atoms with Gasteiger partial charge in [-0.2, -0.15) is 0 Å². The van der Waals surface area contributed by atoms with E-state index in [1.54, 1.807) is 0 Å². The summed E-state index contributed by atoms with van der Waals surface area (Å²) >= 11 is 0. The zero-order valence-electron chi connectivity index (χ0n) is 21.2. The van der Waals surface area contributed by atoms with E-state index in [-0.39, 0.29) is 34.9 Å². The largest absolute Gasteiger partial charge is 0.469 e. The first-order valence-corrected chi connectivity index (χ1v) is 13.1. The maximum absolute atomic E-state index is 13.3. The molecular formula is C27H43NO5. The molecule has 0 spiro atoms.